The van der Waals surface area contributed by atoms with E-state index in [9.17, 15) is 9.59 Å². The van der Waals surface area contributed by atoms with Crippen LogP contribution >= 0.6 is 11.8 Å². The number of rotatable bonds is 2. The number of hydrogen-bond donors (Lipinski definition) is 2. The molecular formula is C15H11NO3S. The van der Waals surface area contributed by atoms with Gasteiger partial charge in [0, 0.05) is 9.79 Å². The Balaban J connectivity index is 2.06. The van der Waals surface area contributed by atoms with E-state index in [1.807, 2.05) is 24.3 Å². The van der Waals surface area contributed by atoms with Crippen molar-refractivity contribution in [2.45, 2.75) is 16.2 Å². The number of para-hydroxylation sites is 1. The summed E-state index contributed by atoms with van der Waals surface area (Å²) in [7, 11) is 0. The fraction of sp³-hybridized carbons (Fsp3) is 0.0667. The van der Waals surface area contributed by atoms with Crippen molar-refractivity contribution in [2.75, 3.05) is 5.32 Å². The summed E-state index contributed by atoms with van der Waals surface area (Å²) in [5, 5.41) is 11.7. The average molecular weight is 285 g/mol. The van der Waals surface area contributed by atoms with Crippen LogP contribution in [0.3, 0.4) is 0 Å². The van der Waals surface area contributed by atoms with Crippen LogP contribution in [0.1, 0.15) is 15.9 Å². The van der Waals surface area contributed by atoms with E-state index in [4.69, 9.17) is 5.11 Å². The average Bonchev–Trinajstić information content (AvgIpc) is 2.53. The molecule has 0 saturated heterocycles. The molecule has 4 nitrogen and oxygen atoms in total. The molecule has 100 valence electrons. The number of carbonyl (C=O) groups excluding carboxylic acids is 1. The number of fused-ring (bicyclic) bond motifs is 2. The van der Waals surface area contributed by atoms with Crippen molar-refractivity contribution in [1.82, 2.24) is 0 Å². The molecule has 1 aliphatic rings. The third kappa shape index (κ3) is 2.40. The number of amides is 1. The van der Waals surface area contributed by atoms with Crippen LogP contribution in [0.15, 0.2) is 52.3 Å². The number of aliphatic carboxylic acids is 1. The van der Waals surface area contributed by atoms with Crippen LogP contribution in [0.25, 0.3) is 0 Å². The molecule has 0 radical (unpaired) electrons. The Bertz CT molecular complexity index is 712. The highest BCUT2D eigenvalue weighted by Gasteiger charge is 2.20. The van der Waals surface area contributed by atoms with Crippen LogP contribution in [0, 0.1) is 0 Å². The first-order valence-corrected chi connectivity index (χ1v) is 6.88. The lowest BCUT2D eigenvalue weighted by Crippen LogP contribution is -2.11. The second-order valence-corrected chi connectivity index (χ2v) is 5.54. The Labute approximate surface area is 119 Å². The van der Waals surface area contributed by atoms with E-state index in [2.05, 4.69) is 5.32 Å². The summed E-state index contributed by atoms with van der Waals surface area (Å²) in [5.41, 5.74) is 2.04. The van der Waals surface area contributed by atoms with Gasteiger partial charge in [0.2, 0.25) is 0 Å². The lowest BCUT2D eigenvalue weighted by Gasteiger charge is -2.06. The van der Waals surface area contributed by atoms with Crippen molar-refractivity contribution >= 4 is 29.3 Å². The van der Waals surface area contributed by atoms with E-state index in [-0.39, 0.29) is 12.3 Å². The van der Waals surface area contributed by atoms with E-state index >= 15 is 0 Å². The third-order valence-corrected chi connectivity index (χ3v) is 4.13. The highest BCUT2D eigenvalue weighted by atomic mass is 32.2. The molecule has 3 rings (SSSR count). The van der Waals surface area contributed by atoms with Gasteiger partial charge in [-0.15, -0.1) is 0 Å². The summed E-state index contributed by atoms with van der Waals surface area (Å²) in [6, 6.07) is 12.7. The quantitative estimate of drug-likeness (QED) is 0.890. The van der Waals surface area contributed by atoms with E-state index < -0.39 is 5.97 Å². The van der Waals surface area contributed by atoms with Crippen LogP contribution in [-0.4, -0.2) is 17.0 Å². The highest BCUT2D eigenvalue weighted by Crippen LogP contribution is 2.38. The van der Waals surface area contributed by atoms with Gasteiger partial charge in [0.15, 0.2) is 0 Å². The zero-order valence-corrected chi connectivity index (χ0v) is 11.2. The molecule has 1 aliphatic heterocycles. The monoisotopic (exact) mass is 285 g/mol. The van der Waals surface area contributed by atoms with Gasteiger partial charge in [0.1, 0.15) is 0 Å². The predicted octanol–water partition coefficient (Wildman–Crippen LogP) is 3.03. The second-order valence-electron chi connectivity index (χ2n) is 4.45. The van der Waals surface area contributed by atoms with Gasteiger partial charge in [-0.2, -0.15) is 0 Å². The van der Waals surface area contributed by atoms with Crippen LogP contribution < -0.4 is 5.32 Å². The van der Waals surface area contributed by atoms with Gasteiger partial charge in [0.05, 0.1) is 17.7 Å². The molecule has 20 heavy (non-hydrogen) atoms. The topological polar surface area (TPSA) is 66.4 Å². The molecule has 0 fully saturated rings. The maximum Gasteiger partial charge on any atom is 0.307 e. The lowest BCUT2D eigenvalue weighted by atomic mass is 10.1. The van der Waals surface area contributed by atoms with Crippen molar-refractivity contribution in [3.63, 3.8) is 0 Å². The lowest BCUT2D eigenvalue weighted by molar-refractivity contribution is -0.136. The van der Waals surface area contributed by atoms with Gasteiger partial charge in [0.25, 0.3) is 5.91 Å². The van der Waals surface area contributed by atoms with Gasteiger partial charge in [-0.1, -0.05) is 30.0 Å². The smallest absolute Gasteiger partial charge is 0.307 e. The highest BCUT2D eigenvalue weighted by molar-refractivity contribution is 7.99. The number of nitrogens with one attached hydrogen (secondary N) is 1. The van der Waals surface area contributed by atoms with Gasteiger partial charge in [-0.25, -0.2) is 0 Å². The number of carboxylic acid groups (broad SMARTS) is 1. The summed E-state index contributed by atoms with van der Waals surface area (Å²) in [4.78, 5) is 24.7. The maximum atomic E-state index is 12.2. The van der Waals surface area contributed by atoms with E-state index in [1.165, 1.54) is 11.8 Å². The zero-order valence-electron chi connectivity index (χ0n) is 10.4. The fourth-order valence-electron chi connectivity index (χ4n) is 2.09. The Morgan fingerprint density at radius 2 is 1.95 bits per heavy atom. The zero-order chi connectivity index (χ0) is 14.1. The van der Waals surface area contributed by atoms with Crippen molar-refractivity contribution in [3.8, 4) is 0 Å². The van der Waals surface area contributed by atoms with Gasteiger partial charge < -0.3 is 10.4 Å². The molecular weight excluding hydrogens is 274 g/mol. The van der Waals surface area contributed by atoms with E-state index in [1.54, 1.807) is 18.2 Å². The standard InChI is InChI=1S/C15H11NO3S/c17-14(18)8-9-5-6-10-13(7-9)20-12-4-2-1-3-11(12)16-15(10)19/h1-7H,8H2,(H,16,19)(H,17,18). The molecule has 0 aliphatic carbocycles. The van der Waals surface area contributed by atoms with Crippen LogP contribution in [-0.2, 0) is 11.2 Å². The Morgan fingerprint density at radius 3 is 2.75 bits per heavy atom. The first kappa shape index (κ1) is 12.7. The van der Waals surface area contributed by atoms with Crippen molar-refractivity contribution in [3.05, 3.63) is 53.6 Å². The summed E-state index contributed by atoms with van der Waals surface area (Å²) in [6.07, 6.45) is -0.0445. The molecule has 0 aromatic heterocycles. The number of anilines is 1. The normalized spacial score (nSPS) is 12.9. The van der Waals surface area contributed by atoms with Crippen LogP contribution in [0.2, 0.25) is 0 Å². The molecule has 0 atom stereocenters. The summed E-state index contributed by atoms with van der Waals surface area (Å²) in [6.45, 7) is 0. The summed E-state index contributed by atoms with van der Waals surface area (Å²) >= 11 is 1.47. The SMILES string of the molecule is O=C(O)Cc1ccc2c(c1)Sc1ccccc1NC2=O. The third-order valence-electron chi connectivity index (χ3n) is 3.00. The van der Waals surface area contributed by atoms with Gasteiger partial charge in [-0.3, -0.25) is 9.59 Å². The molecule has 0 unspecified atom stereocenters. The van der Waals surface area contributed by atoms with E-state index in [0.717, 1.165) is 15.5 Å². The van der Waals surface area contributed by atoms with Crippen LogP contribution in [0.5, 0.6) is 0 Å². The molecule has 0 saturated carbocycles. The minimum atomic E-state index is -0.881. The van der Waals surface area contributed by atoms with E-state index in [0.29, 0.717) is 11.1 Å². The first-order valence-electron chi connectivity index (χ1n) is 6.06. The summed E-state index contributed by atoms with van der Waals surface area (Å²) < 4.78 is 0. The van der Waals surface area contributed by atoms with Crippen molar-refractivity contribution < 1.29 is 14.7 Å². The minimum Gasteiger partial charge on any atom is -0.481 e. The van der Waals surface area contributed by atoms with Crippen molar-refractivity contribution in [1.29, 1.82) is 0 Å². The molecule has 0 spiro atoms. The predicted molar refractivity (Wildman–Crippen MR) is 76.3 cm³/mol. The minimum absolute atomic E-state index is 0.0445. The fourth-order valence-corrected chi connectivity index (χ4v) is 3.18. The summed E-state index contributed by atoms with van der Waals surface area (Å²) in [5.74, 6) is -1.05. The molecule has 5 heteroatoms. The number of benzene rings is 2. The van der Waals surface area contributed by atoms with Crippen molar-refractivity contribution in [2.24, 2.45) is 0 Å². The Kier molecular flexibility index (Phi) is 3.20. The van der Waals surface area contributed by atoms with Gasteiger partial charge in [-0.05, 0) is 29.8 Å². The number of hydrogen-bond acceptors (Lipinski definition) is 3. The second kappa shape index (κ2) is 5.02. The Morgan fingerprint density at radius 1 is 1.15 bits per heavy atom. The first-order chi connectivity index (χ1) is 9.63. The number of carboxylic acids is 1. The van der Waals surface area contributed by atoms with Gasteiger partial charge >= 0.3 is 5.97 Å². The molecule has 2 N–H and O–H groups in total. The Hall–Kier alpha value is -2.27. The maximum absolute atomic E-state index is 12.2. The molecule has 2 aromatic rings. The molecule has 0 bridgehead atoms. The number of carbonyl (C=O) groups is 2. The molecule has 1 amide bonds. The largest absolute Gasteiger partial charge is 0.481 e. The van der Waals surface area contributed by atoms with Crippen LogP contribution in [0.4, 0.5) is 5.69 Å². The molecule has 1 heterocycles. The molecule has 2 aromatic carbocycles.